The second-order valence-corrected chi connectivity index (χ2v) is 7.26. The number of amides is 1. The molecule has 3 heterocycles. The van der Waals surface area contributed by atoms with Crippen molar-refractivity contribution in [3.63, 3.8) is 0 Å². The number of aryl methyl sites for hydroxylation is 1. The predicted molar refractivity (Wildman–Crippen MR) is 95.7 cm³/mol. The van der Waals surface area contributed by atoms with Gasteiger partial charge in [-0.1, -0.05) is 0 Å². The quantitative estimate of drug-likeness (QED) is 0.794. The van der Waals surface area contributed by atoms with Crippen molar-refractivity contribution in [1.29, 1.82) is 0 Å². The van der Waals surface area contributed by atoms with Gasteiger partial charge < -0.3 is 14.2 Å². The fourth-order valence-electron chi connectivity index (χ4n) is 3.56. The summed E-state index contributed by atoms with van der Waals surface area (Å²) in [6.07, 6.45) is 7.72. The number of rotatable bonds is 6. The number of ether oxygens (including phenoxy) is 1. The zero-order chi connectivity index (χ0) is 18.1. The molecule has 1 aliphatic carbocycles. The van der Waals surface area contributed by atoms with E-state index in [9.17, 15) is 4.79 Å². The van der Waals surface area contributed by atoms with Crippen LogP contribution in [0.5, 0.6) is 0 Å². The molecule has 0 unspecified atom stereocenters. The van der Waals surface area contributed by atoms with E-state index in [2.05, 4.69) is 19.5 Å². The van der Waals surface area contributed by atoms with Gasteiger partial charge in [-0.2, -0.15) is 0 Å². The Balaban J connectivity index is 1.58. The van der Waals surface area contributed by atoms with E-state index in [4.69, 9.17) is 4.74 Å². The van der Waals surface area contributed by atoms with Crippen molar-refractivity contribution in [3.05, 3.63) is 41.5 Å². The number of aromatic nitrogens is 4. The first kappa shape index (κ1) is 17.1. The van der Waals surface area contributed by atoms with Gasteiger partial charge in [-0.05, 0) is 32.6 Å². The molecular weight excluding hydrogens is 330 g/mol. The van der Waals surface area contributed by atoms with E-state index in [-0.39, 0.29) is 11.8 Å². The maximum atomic E-state index is 12.9. The smallest absolute Gasteiger partial charge is 0.274 e. The van der Waals surface area contributed by atoms with Crippen LogP contribution in [0.2, 0.25) is 0 Å². The van der Waals surface area contributed by atoms with E-state index in [0.717, 1.165) is 23.9 Å². The second-order valence-electron chi connectivity index (χ2n) is 7.26. The van der Waals surface area contributed by atoms with Crippen LogP contribution in [-0.4, -0.2) is 50.1 Å². The fraction of sp³-hybridized carbons (Fsp3) is 0.579. The molecule has 2 aliphatic rings. The molecule has 26 heavy (non-hydrogen) atoms. The first-order valence-corrected chi connectivity index (χ1v) is 9.35. The van der Waals surface area contributed by atoms with Gasteiger partial charge in [-0.3, -0.25) is 9.78 Å². The number of fused-ring (bicyclic) bond motifs is 1. The molecule has 2 aromatic heterocycles. The van der Waals surface area contributed by atoms with E-state index in [0.29, 0.717) is 32.0 Å². The minimum Gasteiger partial charge on any atom is -0.381 e. The summed E-state index contributed by atoms with van der Waals surface area (Å²) < 4.78 is 8.00. The van der Waals surface area contributed by atoms with Crippen molar-refractivity contribution >= 4 is 5.91 Å². The first-order valence-electron chi connectivity index (χ1n) is 9.35. The molecular formula is C19H25N5O2. The Morgan fingerprint density at radius 1 is 1.27 bits per heavy atom. The number of hydrogen-bond donors (Lipinski definition) is 0. The number of imidazole rings is 1. The fourth-order valence-corrected chi connectivity index (χ4v) is 3.56. The van der Waals surface area contributed by atoms with Gasteiger partial charge in [0, 0.05) is 37.5 Å². The summed E-state index contributed by atoms with van der Waals surface area (Å²) >= 11 is 0. The van der Waals surface area contributed by atoms with Crippen molar-refractivity contribution in [3.8, 4) is 0 Å². The molecule has 7 nitrogen and oxygen atoms in total. The Morgan fingerprint density at radius 3 is 2.81 bits per heavy atom. The van der Waals surface area contributed by atoms with Gasteiger partial charge in [-0.15, -0.1) is 0 Å². The zero-order valence-corrected chi connectivity index (χ0v) is 15.4. The third kappa shape index (κ3) is 3.49. The van der Waals surface area contributed by atoms with Gasteiger partial charge in [-0.25, -0.2) is 9.97 Å². The molecule has 0 saturated heterocycles. The lowest BCUT2D eigenvalue weighted by atomic mass is 9.98. The molecule has 0 bridgehead atoms. The highest BCUT2D eigenvalue weighted by atomic mass is 16.5. The molecule has 2 aromatic rings. The summed E-state index contributed by atoms with van der Waals surface area (Å²) in [5, 5.41) is 0. The Morgan fingerprint density at radius 2 is 2.12 bits per heavy atom. The number of carbonyl (C=O) groups excluding carboxylic acids is 1. The number of hydrogen-bond acceptors (Lipinski definition) is 5. The molecule has 1 amide bonds. The molecule has 1 saturated carbocycles. The second kappa shape index (κ2) is 7.15. The molecule has 4 rings (SSSR count). The van der Waals surface area contributed by atoms with Gasteiger partial charge in [0.1, 0.15) is 5.69 Å². The molecule has 0 N–H and O–H groups in total. The minimum atomic E-state index is -0.0959. The highest BCUT2D eigenvalue weighted by Gasteiger charge is 2.34. The number of nitrogens with zero attached hydrogens (tertiary/aromatic N) is 5. The Labute approximate surface area is 153 Å². The highest BCUT2D eigenvalue weighted by molar-refractivity contribution is 5.92. The monoisotopic (exact) mass is 355 g/mol. The predicted octanol–water partition coefficient (Wildman–Crippen LogP) is 2.17. The average Bonchev–Trinajstić information content (AvgIpc) is 3.38. The Bertz CT molecular complexity index is 782. The van der Waals surface area contributed by atoms with E-state index in [1.54, 1.807) is 12.4 Å². The maximum Gasteiger partial charge on any atom is 0.274 e. The van der Waals surface area contributed by atoms with E-state index in [1.165, 1.54) is 18.5 Å². The average molecular weight is 355 g/mol. The number of carbonyl (C=O) groups is 1. The molecule has 1 aliphatic heterocycles. The lowest BCUT2D eigenvalue weighted by Crippen LogP contribution is -2.40. The van der Waals surface area contributed by atoms with E-state index in [1.807, 2.05) is 25.1 Å². The largest absolute Gasteiger partial charge is 0.381 e. The third-order valence-corrected chi connectivity index (χ3v) is 5.09. The molecule has 1 atom stereocenters. The topological polar surface area (TPSA) is 73.1 Å². The summed E-state index contributed by atoms with van der Waals surface area (Å²) in [5.74, 6) is 0.826. The van der Waals surface area contributed by atoms with Crippen LogP contribution in [-0.2, 0) is 17.8 Å². The summed E-state index contributed by atoms with van der Waals surface area (Å²) in [6.45, 7) is 7.29. The first-order chi connectivity index (χ1) is 12.7. The summed E-state index contributed by atoms with van der Waals surface area (Å²) in [6, 6.07) is 0. The van der Waals surface area contributed by atoms with Gasteiger partial charge in [0.15, 0.2) is 0 Å². The molecule has 0 aromatic carbocycles. The Kier molecular flexibility index (Phi) is 4.72. The normalized spacial score (nSPS) is 19.5. The van der Waals surface area contributed by atoms with Crippen molar-refractivity contribution in [2.75, 3.05) is 19.8 Å². The zero-order valence-electron chi connectivity index (χ0n) is 15.4. The summed E-state index contributed by atoms with van der Waals surface area (Å²) in [4.78, 5) is 27.8. The lowest BCUT2D eigenvalue weighted by Gasteiger charge is -2.33. The molecule has 7 heteroatoms. The van der Waals surface area contributed by atoms with Crippen LogP contribution in [0, 0.1) is 12.8 Å². The van der Waals surface area contributed by atoms with Crippen molar-refractivity contribution in [1.82, 2.24) is 24.4 Å². The van der Waals surface area contributed by atoms with Crippen molar-refractivity contribution < 1.29 is 9.53 Å². The minimum absolute atomic E-state index is 0.0959. The summed E-state index contributed by atoms with van der Waals surface area (Å²) in [5.41, 5.74) is 3.40. The van der Waals surface area contributed by atoms with Crippen LogP contribution in [0.1, 0.15) is 53.3 Å². The van der Waals surface area contributed by atoms with Crippen LogP contribution in [0.4, 0.5) is 0 Å². The Hall–Kier alpha value is -2.28. The molecule has 0 radical (unpaired) electrons. The van der Waals surface area contributed by atoms with Crippen LogP contribution < -0.4 is 0 Å². The standard InChI is InChI=1S/C19H25N5O2/c1-3-26-11-15-9-23(19(25)16-7-20-13(2)6-21-16)10-17-18(15)24(12-22-17)8-14-4-5-14/h6-7,12,14-15H,3-5,8-11H2,1-2H3/t15-/m0/s1. The van der Waals surface area contributed by atoms with Crippen LogP contribution in [0.3, 0.4) is 0 Å². The van der Waals surface area contributed by atoms with E-state index < -0.39 is 0 Å². The van der Waals surface area contributed by atoms with E-state index >= 15 is 0 Å². The lowest BCUT2D eigenvalue weighted by molar-refractivity contribution is 0.0638. The van der Waals surface area contributed by atoms with Gasteiger partial charge >= 0.3 is 0 Å². The van der Waals surface area contributed by atoms with Crippen molar-refractivity contribution in [2.24, 2.45) is 5.92 Å². The van der Waals surface area contributed by atoms with Crippen LogP contribution in [0.15, 0.2) is 18.7 Å². The highest BCUT2D eigenvalue weighted by Crippen LogP contribution is 2.34. The molecule has 1 fully saturated rings. The third-order valence-electron chi connectivity index (χ3n) is 5.09. The van der Waals surface area contributed by atoms with Crippen LogP contribution in [0.25, 0.3) is 0 Å². The van der Waals surface area contributed by atoms with Gasteiger partial charge in [0.2, 0.25) is 0 Å². The SMILES string of the molecule is CCOC[C@@H]1CN(C(=O)c2cnc(C)cn2)Cc2ncn(CC3CC3)c21. The maximum absolute atomic E-state index is 12.9. The van der Waals surface area contributed by atoms with Gasteiger partial charge in [0.05, 0.1) is 37.1 Å². The van der Waals surface area contributed by atoms with Crippen molar-refractivity contribution in [2.45, 2.75) is 45.7 Å². The van der Waals surface area contributed by atoms with Gasteiger partial charge in [0.25, 0.3) is 5.91 Å². The summed E-state index contributed by atoms with van der Waals surface area (Å²) in [7, 11) is 0. The molecule has 0 spiro atoms. The molecule has 138 valence electrons. The van der Waals surface area contributed by atoms with Crippen LogP contribution >= 0.6 is 0 Å².